The Labute approximate surface area is 702 Å². The molecular formula is C116H92Se2. The molecule has 8 fully saturated rings. The van der Waals surface area contributed by atoms with E-state index in [4.69, 9.17) is 0 Å². The quantitative estimate of drug-likeness (QED) is 0.105. The van der Waals surface area contributed by atoms with Crippen LogP contribution in [0.1, 0.15) is 109 Å². The van der Waals surface area contributed by atoms with Crippen molar-refractivity contribution >= 4 is 154 Å². The molecule has 118 heavy (non-hydrogen) atoms. The minimum absolute atomic E-state index is 0.156. The molecule has 0 nitrogen and oxygen atoms in total. The summed E-state index contributed by atoms with van der Waals surface area (Å²) in [5.41, 5.74) is 25.0. The molecule has 0 unspecified atom stereocenters. The van der Waals surface area contributed by atoms with Crippen molar-refractivity contribution in [3.05, 3.63) is 337 Å². The van der Waals surface area contributed by atoms with Crippen molar-refractivity contribution in [1.29, 1.82) is 0 Å². The monoisotopic (exact) mass is 1640 g/mol. The Balaban J connectivity index is 0.000000132. The van der Waals surface area contributed by atoms with E-state index in [1.54, 1.807) is 15.4 Å². The Kier molecular flexibility index (Phi) is 16.2. The first kappa shape index (κ1) is 70.1. The summed E-state index contributed by atoms with van der Waals surface area (Å²) < 4.78 is 6.02. The predicted octanol–water partition coefficient (Wildman–Crippen LogP) is 31.6. The van der Waals surface area contributed by atoms with E-state index in [-0.39, 0.29) is 29.0 Å². The Morgan fingerprint density at radius 3 is 0.729 bits per heavy atom. The third-order valence-electron chi connectivity index (χ3n) is 30.5. The van der Waals surface area contributed by atoms with Crippen molar-refractivity contribution < 1.29 is 0 Å². The maximum atomic E-state index is 2.59. The van der Waals surface area contributed by atoms with Crippen LogP contribution < -0.4 is 0 Å². The first-order chi connectivity index (χ1) is 58.2. The summed E-state index contributed by atoms with van der Waals surface area (Å²) >= 11 is 0.374. The van der Waals surface area contributed by atoms with Crippen LogP contribution in [0.2, 0.25) is 0 Å². The van der Waals surface area contributed by atoms with E-state index >= 15 is 0 Å². The molecule has 0 aliphatic heterocycles. The molecule has 8 aliphatic rings. The molecule has 0 N–H and O–H groups in total. The molecule has 0 spiro atoms. The van der Waals surface area contributed by atoms with Gasteiger partial charge in [-0.15, -0.1) is 0 Å². The average molecular weight is 1640 g/mol. The van der Waals surface area contributed by atoms with Crippen LogP contribution in [-0.4, -0.2) is 29.0 Å². The van der Waals surface area contributed by atoms with Gasteiger partial charge >= 0.3 is 702 Å². The van der Waals surface area contributed by atoms with Gasteiger partial charge in [0.05, 0.1) is 0 Å². The topological polar surface area (TPSA) is 0 Å². The summed E-state index contributed by atoms with van der Waals surface area (Å²) in [4.78, 5) is 0. The van der Waals surface area contributed by atoms with E-state index in [1.165, 1.54) is 274 Å². The molecule has 0 saturated heterocycles. The van der Waals surface area contributed by atoms with E-state index < -0.39 is 0 Å². The number of hydrogen-bond acceptors (Lipinski definition) is 0. The van der Waals surface area contributed by atoms with Crippen LogP contribution in [0.5, 0.6) is 0 Å². The molecular weight excluding hydrogens is 1550 g/mol. The Morgan fingerprint density at radius 2 is 0.432 bits per heavy atom. The molecule has 8 aliphatic carbocycles. The van der Waals surface area contributed by atoms with Crippen LogP contribution in [0.15, 0.2) is 303 Å². The van der Waals surface area contributed by atoms with Gasteiger partial charge in [-0.05, 0) is 6.42 Å². The van der Waals surface area contributed by atoms with Crippen molar-refractivity contribution in [2.45, 2.75) is 104 Å². The van der Waals surface area contributed by atoms with Crippen molar-refractivity contribution in [3.63, 3.8) is 0 Å². The normalized spacial score (nSPS) is 21.2. The van der Waals surface area contributed by atoms with Gasteiger partial charge in [-0.3, -0.25) is 0 Å². The molecule has 8 saturated carbocycles. The third-order valence-corrected chi connectivity index (χ3v) is 35.6. The van der Waals surface area contributed by atoms with Gasteiger partial charge in [-0.25, -0.2) is 0 Å². The molecule has 0 amide bonds. The van der Waals surface area contributed by atoms with Gasteiger partial charge in [-0.1, -0.05) is 0 Å². The number of fused-ring (bicyclic) bond motifs is 14. The van der Waals surface area contributed by atoms with Crippen molar-refractivity contribution in [1.82, 2.24) is 0 Å². The standard InChI is InChI=1S/C60H52Se.C56H40Se/c1-5-14-46-42(10-1)56(43-11-2-6-15-47(43)58(46)54-38-24-33-22-34(26-38)27-39(54)25-33)37-20-21-53-52(32-37)50-18-9-19-51(60(50)61-53)57-44-12-3-7-16-48(44)59(49-17-8-4-13-45(49)57)55-40-28-35-23-36(30-40)31-41(55)29-35;1-33-16-13-17-34(2)50(33)54-42-24-9-5-20-38(42)52(39-21-6-10-25-43(39)54)37-30-31-49-48(32-37)46-28-15-29-47(56(46)57-49)53-40-22-7-11-26-44(40)55(45-27-12-8-23-41(45)53)51-35(3)18-14-19-36(51)4/h1-21,32-36,38-41,54-55H,22-31H2;5-32H,1-4H3. The van der Waals surface area contributed by atoms with Gasteiger partial charge in [0.15, 0.2) is 0 Å². The summed E-state index contributed by atoms with van der Waals surface area (Å²) in [6.07, 6.45) is 14.6. The second kappa shape index (κ2) is 27.3. The molecule has 568 valence electrons. The number of rotatable bonds is 8. The summed E-state index contributed by atoms with van der Waals surface area (Å²) in [7, 11) is 0. The van der Waals surface area contributed by atoms with Gasteiger partial charge in [0.25, 0.3) is 0 Å². The van der Waals surface area contributed by atoms with E-state index in [0.717, 1.165) is 47.3 Å². The number of hydrogen-bond donors (Lipinski definition) is 0. The zero-order valence-electron chi connectivity index (χ0n) is 67.5. The number of benzene rings is 18. The zero-order valence-corrected chi connectivity index (χ0v) is 71.0. The molecule has 18 aromatic carbocycles. The van der Waals surface area contributed by atoms with Crippen LogP contribution in [0.4, 0.5) is 0 Å². The van der Waals surface area contributed by atoms with Crippen molar-refractivity contribution in [2.75, 3.05) is 0 Å². The van der Waals surface area contributed by atoms with E-state index in [9.17, 15) is 0 Å². The van der Waals surface area contributed by atoms with E-state index in [0.29, 0.717) is 11.8 Å². The third kappa shape index (κ3) is 10.6. The molecule has 2 heteroatoms. The minimum atomic E-state index is 0.156. The average Bonchev–Trinajstić information content (AvgIpc) is 1.45. The molecule has 28 rings (SSSR count). The van der Waals surface area contributed by atoms with Crippen LogP contribution in [-0.2, 0) is 0 Å². The Bertz CT molecular complexity index is 7340. The van der Waals surface area contributed by atoms with Crippen LogP contribution in [0, 0.1) is 75.0 Å². The van der Waals surface area contributed by atoms with Crippen LogP contribution in [0.25, 0.3) is 192 Å². The first-order valence-electron chi connectivity index (χ1n) is 44.0. The van der Waals surface area contributed by atoms with E-state index in [2.05, 4.69) is 331 Å². The van der Waals surface area contributed by atoms with Gasteiger partial charge in [-0.2, -0.15) is 0 Å². The predicted molar refractivity (Wildman–Crippen MR) is 508 cm³/mol. The summed E-state index contributed by atoms with van der Waals surface area (Å²) in [6.45, 7) is 9.00. The Hall–Kier alpha value is -10.9. The van der Waals surface area contributed by atoms with Crippen molar-refractivity contribution in [2.24, 2.45) is 47.3 Å². The van der Waals surface area contributed by atoms with E-state index in [1.807, 2.05) is 0 Å². The van der Waals surface area contributed by atoms with Crippen LogP contribution >= 0.6 is 0 Å². The fraction of sp³-hybridized carbons (Fsp3) is 0.207. The number of aryl methyl sites for hydroxylation is 4. The summed E-state index contributed by atoms with van der Waals surface area (Å²) in [5, 5.41) is 28.0. The van der Waals surface area contributed by atoms with Gasteiger partial charge in [0.1, 0.15) is 0 Å². The molecule has 0 radical (unpaired) electrons. The summed E-state index contributed by atoms with van der Waals surface area (Å²) in [5.74, 6) is 8.72. The SMILES string of the molecule is Cc1cccc(C)c1-c1c2ccccc2c(-c2ccc3[se]c4c(-c5c6ccccc6c(-c6c(C)cccc6C)c6ccccc56)cccc4c3c2)c2ccccc12.c1ccc2c(C3C4CC5CC(C4)CC3C5)c3ccccc3c(-c3ccc4[se]c5c(-c6c7ccccc7c(C7C8CC9CC(C8)CC7C9)c7ccccc67)cccc5c4c3)c2c1. The molecule has 0 atom stereocenters. The first-order valence-corrected chi connectivity index (χ1v) is 47.4. The fourth-order valence-electron chi connectivity index (χ4n) is 26.6. The second-order valence-corrected chi connectivity index (χ2v) is 41.3. The zero-order chi connectivity index (χ0) is 77.9. The summed E-state index contributed by atoms with van der Waals surface area (Å²) in [6, 6.07) is 117. The fourth-order valence-corrected chi connectivity index (χ4v) is 31.6. The van der Waals surface area contributed by atoms with Gasteiger partial charge in [0.2, 0.25) is 0 Å². The molecule has 2 heterocycles. The molecule has 2 aromatic heterocycles. The maximum absolute atomic E-state index is 2.59. The van der Waals surface area contributed by atoms with Crippen molar-refractivity contribution in [3.8, 4) is 66.8 Å². The van der Waals surface area contributed by atoms with Gasteiger partial charge in [0, 0.05) is 0 Å². The Morgan fingerprint density at radius 1 is 0.195 bits per heavy atom. The van der Waals surface area contributed by atoms with Gasteiger partial charge < -0.3 is 0 Å². The second-order valence-electron chi connectivity index (χ2n) is 36.9. The molecule has 20 aromatic rings. The molecule has 8 bridgehead atoms. The van der Waals surface area contributed by atoms with Crippen LogP contribution in [0.3, 0.4) is 0 Å².